The van der Waals surface area contributed by atoms with Gasteiger partial charge < -0.3 is 4.57 Å². The van der Waals surface area contributed by atoms with E-state index in [0.29, 0.717) is 11.9 Å². The molecule has 3 rings (SSSR count). The average Bonchev–Trinajstić information content (AvgIpc) is 2.82. The van der Waals surface area contributed by atoms with Crippen LogP contribution in [0.5, 0.6) is 0 Å². The Hall–Kier alpha value is -1.02. The number of aromatic nitrogens is 2. The molecule has 0 saturated heterocycles. The lowest BCUT2D eigenvalue weighted by Crippen LogP contribution is -2.24. The summed E-state index contributed by atoms with van der Waals surface area (Å²) in [6.07, 6.45) is 4.70. The zero-order valence-electron chi connectivity index (χ0n) is 13.3. The standard InChI is InChI=1S/C18H25ClN2/c1-12-7-8-15(11-14(12)3)21-16-6-4-5-13(2)18(16)20-17(21)9-10-19/h4-6,12,14-15H,7-11H2,1-3H3. The van der Waals surface area contributed by atoms with E-state index < -0.39 is 0 Å². The second-order valence-electron chi connectivity index (χ2n) is 6.70. The number of imidazole rings is 1. The van der Waals surface area contributed by atoms with Gasteiger partial charge in [-0.2, -0.15) is 0 Å². The molecule has 0 N–H and O–H groups in total. The third-order valence-electron chi connectivity index (χ3n) is 5.25. The minimum absolute atomic E-state index is 0.584. The van der Waals surface area contributed by atoms with E-state index in [1.165, 1.54) is 36.2 Å². The molecule has 0 amide bonds. The first-order valence-electron chi connectivity index (χ1n) is 8.14. The summed E-state index contributed by atoms with van der Waals surface area (Å²) in [6.45, 7) is 6.93. The van der Waals surface area contributed by atoms with E-state index in [9.17, 15) is 0 Å². The van der Waals surface area contributed by atoms with Gasteiger partial charge in [0.05, 0.1) is 11.0 Å². The Morgan fingerprint density at radius 3 is 2.76 bits per heavy atom. The molecule has 114 valence electrons. The molecule has 21 heavy (non-hydrogen) atoms. The van der Waals surface area contributed by atoms with Crippen molar-refractivity contribution in [1.29, 1.82) is 0 Å². The normalized spacial score (nSPS) is 26.4. The molecule has 1 aromatic carbocycles. The fourth-order valence-corrected chi connectivity index (χ4v) is 3.90. The van der Waals surface area contributed by atoms with E-state index in [1.54, 1.807) is 0 Å². The van der Waals surface area contributed by atoms with Crippen LogP contribution in [0, 0.1) is 18.8 Å². The smallest absolute Gasteiger partial charge is 0.111 e. The maximum absolute atomic E-state index is 6.01. The lowest BCUT2D eigenvalue weighted by molar-refractivity contribution is 0.211. The SMILES string of the molecule is Cc1cccc2c1nc(CCCl)n2C1CCC(C)C(C)C1. The number of benzene rings is 1. The number of nitrogens with zero attached hydrogens (tertiary/aromatic N) is 2. The van der Waals surface area contributed by atoms with Crippen molar-refractivity contribution in [3.63, 3.8) is 0 Å². The zero-order valence-corrected chi connectivity index (χ0v) is 14.0. The molecule has 1 heterocycles. The van der Waals surface area contributed by atoms with Crippen LogP contribution in [0.25, 0.3) is 11.0 Å². The van der Waals surface area contributed by atoms with Crippen molar-refractivity contribution in [3.05, 3.63) is 29.6 Å². The van der Waals surface area contributed by atoms with Crippen molar-refractivity contribution in [2.45, 2.75) is 52.5 Å². The van der Waals surface area contributed by atoms with Gasteiger partial charge in [-0.05, 0) is 49.7 Å². The quantitative estimate of drug-likeness (QED) is 0.719. The van der Waals surface area contributed by atoms with Gasteiger partial charge in [-0.25, -0.2) is 4.98 Å². The largest absolute Gasteiger partial charge is 0.325 e. The molecule has 1 aliphatic carbocycles. The van der Waals surface area contributed by atoms with Crippen LogP contribution in [0.2, 0.25) is 0 Å². The van der Waals surface area contributed by atoms with Crippen molar-refractivity contribution < 1.29 is 0 Å². The Bertz CT molecular complexity index is 631. The van der Waals surface area contributed by atoms with Crippen molar-refractivity contribution >= 4 is 22.6 Å². The molecule has 0 bridgehead atoms. The monoisotopic (exact) mass is 304 g/mol. The molecule has 3 atom stereocenters. The Morgan fingerprint density at radius 1 is 1.24 bits per heavy atom. The second kappa shape index (κ2) is 6.00. The summed E-state index contributed by atoms with van der Waals surface area (Å²) in [7, 11) is 0. The molecule has 0 aliphatic heterocycles. The summed E-state index contributed by atoms with van der Waals surface area (Å²) in [6, 6.07) is 7.10. The lowest BCUT2D eigenvalue weighted by atomic mass is 9.79. The number of halogens is 1. The van der Waals surface area contributed by atoms with Crippen LogP contribution in [0.1, 0.15) is 50.5 Å². The number of alkyl halides is 1. The van der Waals surface area contributed by atoms with Gasteiger partial charge in [-0.15, -0.1) is 11.6 Å². The van der Waals surface area contributed by atoms with Gasteiger partial charge in [0, 0.05) is 18.3 Å². The third kappa shape index (κ3) is 2.70. The summed E-state index contributed by atoms with van der Waals surface area (Å²) in [4.78, 5) is 4.90. The highest BCUT2D eigenvalue weighted by Crippen LogP contribution is 2.38. The molecule has 3 unspecified atom stereocenters. The highest BCUT2D eigenvalue weighted by Gasteiger charge is 2.28. The van der Waals surface area contributed by atoms with Gasteiger partial charge >= 0.3 is 0 Å². The molecular weight excluding hydrogens is 280 g/mol. The molecule has 0 radical (unpaired) electrons. The fourth-order valence-electron chi connectivity index (χ4n) is 3.73. The van der Waals surface area contributed by atoms with Crippen LogP contribution in [-0.2, 0) is 6.42 Å². The average molecular weight is 305 g/mol. The van der Waals surface area contributed by atoms with Crippen LogP contribution in [0.4, 0.5) is 0 Å². The topological polar surface area (TPSA) is 17.8 Å². The van der Waals surface area contributed by atoms with Gasteiger partial charge in [-0.3, -0.25) is 0 Å². The fraction of sp³-hybridized carbons (Fsp3) is 0.611. The van der Waals surface area contributed by atoms with E-state index >= 15 is 0 Å². The van der Waals surface area contributed by atoms with Gasteiger partial charge in [0.2, 0.25) is 0 Å². The summed E-state index contributed by atoms with van der Waals surface area (Å²) >= 11 is 6.01. The van der Waals surface area contributed by atoms with Gasteiger partial charge in [0.1, 0.15) is 5.82 Å². The number of hydrogen-bond acceptors (Lipinski definition) is 1. The first-order chi connectivity index (χ1) is 10.1. The highest BCUT2D eigenvalue weighted by molar-refractivity contribution is 6.17. The van der Waals surface area contributed by atoms with E-state index in [1.807, 2.05) is 0 Å². The molecule has 2 aromatic rings. The predicted octanol–water partition coefficient (Wildman–Crippen LogP) is 5.12. The Morgan fingerprint density at radius 2 is 2.05 bits per heavy atom. The number of para-hydroxylation sites is 1. The Kier molecular flexibility index (Phi) is 4.26. The first-order valence-corrected chi connectivity index (χ1v) is 8.67. The molecular formula is C18H25ClN2. The molecule has 2 nitrogen and oxygen atoms in total. The number of fused-ring (bicyclic) bond motifs is 1. The van der Waals surface area contributed by atoms with Gasteiger partial charge in [0.25, 0.3) is 0 Å². The minimum atomic E-state index is 0.584. The van der Waals surface area contributed by atoms with Crippen LogP contribution in [0.3, 0.4) is 0 Å². The molecule has 1 fully saturated rings. The molecule has 0 spiro atoms. The highest BCUT2D eigenvalue weighted by atomic mass is 35.5. The third-order valence-corrected chi connectivity index (χ3v) is 5.44. The van der Waals surface area contributed by atoms with Crippen molar-refractivity contribution in [3.8, 4) is 0 Å². The van der Waals surface area contributed by atoms with Crippen LogP contribution >= 0.6 is 11.6 Å². The van der Waals surface area contributed by atoms with Crippen molar-refractivity contribution in [2.75, 3.05) is 5.88 Å². The van der Waals surface area contributed by atoms with Crippen molar-refractivity contribution in [1.82, 2.24) is 9.55 Å². The summed E-state index contributed by atoms with van der Waals surface area (Å²) in [5.41, 5.74) is 3.71. The van der Waals surface area contributed by atoms with Gasteiger partial charge in [-0.1, -0.05) is 26.0 Å². The minimum Gasteiger partial charge on any atom is -0.325 e. The summed E-state index contributed by atoms with van der Waals surface area (Å²) < 4.78 is 2.49. The summed E-state index contributed by atoms with van der Waals surface area (Å²) in [5.74, 6) is 3.44. The van der Waals surface area contributed by atoms with Crippen LogP contribution in [0.15, 0.2) is 18.2 Å². The van der Waals surface area contributed by atoms with Crippen LogP contribution < -0.4 is 0 Å². The lowest BCUT2D eigenvalue weighted by Gasteiger charge is -2.34. The van der Waals surface area contributed by atoms with E-state index in [4.69, 9.17) is 16.6 Å². The predicted molar refractivity (Wildman–Crippen MR) is 90.1 cm³/mol. The Labute approximate surface area is 132 Å². The second-order valence-corrected chi connectivity index (χ2v) is 7.08. The maximum Gasteiger partial charge on any atom is 0.111 e. The number of aryl methyl sites for hydroxylation is 2. The van der Waals surface area contributed by atoms with Crippen molar-refractivity contribution in [2.24, 2.45) is 11.8 Å². The first kappa shape index (κ1) is 14.9. The maximum atomic E-state index is 6.01. The molecule has 3 heteroatoms. The Balaban J connectivity index is 2.07. The summed E-state index contributed by atoms with van der Waals surface area (Å²) in [5, 5.41) is 0. The van der Waals surface area contributed by atoms with Crippen LogP contribution in [-0.4, -0.2) is 15.4 Å². The van der Waals surface area contributed by atoms with E-state index in [2.05, 4.69) is 43.5 Å². The molecule has 1 aromatic heterocycles. The van der Waals surface area contributed by atoms with E-state index in [-0.39, 0.29) is 0 Å². The molecule has 1 saturated carbocycles. The zero-order chi connectivity index (χ0) is 15.0. The van der Waals surface area contributed by atoms with E-state index in [0.717, 1.165) is 23.8 Å². The van der Waals surface area contributed by atoms with Gasteiger partial charge in [0.15, 0.2) is 0 Å². The number of rotatable bonds is 3. The molecule has 1 aliphatic rings. The number of hydrogen-bond donors (Lipinski definition) is 0.